The minimum absolute atomic E-state index is 0.222. The Morgan fingerprint density at radius 2 is 2.29 bits per heavy atom. The maximum Gasteiger partial charge on any atom is 0.131 e. The van der Waals surface area contributed by atoms with Gasteiger partial charge in [0.15, 0.2) is 0 Å². The molecule has 2 rings (SSSR count). The number of likely N-dealkylation sites (N-methyl/N-ethyl adjacent to an activating group) is 2. The van der Waals surface area contributed by atoms with Gasteiger partial charge in [0.1, 0.15) is 5.82 Å². The van der Waals surface area contributed by atoms with Crippen LogP contribution in [0.1, 0.15) is 38.7 Å². The fourth-order valence-corrected chi connectivity index (χ4v) is 3.28. The van der Waals surface area contributed by atoms with Gasteiger partial charge in [-0.1, -0.05) is 19.9 Å². The Kier molecular flexibility index (Phi) is 6.00. The lowest BCUT2D eigenvalue weighted by atomic mass is 10.0. The van der Waals surface area contributed by atoms with E-state index in [0.29, 0.717) is 6.04 Å². The van der Waals surface area contributed by atoms with Crippen LogP contribution in [0.3, 0.4) is 0 Å². The third-order valence-electron chi connectivity index (χ3n) is 4.63. The summed E-state index contributed by atoms with van der Waals surface area (Å²) in [5.41, 5.74) is 7.40. The molecule has 4 nitrogen and oxygen atoms in total. The van der Waals surface area contributed by atoms with Crippen molar-refractivity contribution in [2.75, 3.05) is 31.6 Å². The summed E-state index contributed by atoms with van der Waals surface area (Å²) in [4.78, 5) is 9.51. The summed E-state index contributed by atoms with van der Waals surface area (Å²) in [5.74, 6) is 1.10. The quantitative estimate of drug-likeness (QED) is 0.837. The van der Waals surface area contributed by atoms with E-state index in [9.17, 15) is 0 Å². The lowest BCUT2D eigenvalue weighted by Crippen LogP contribution is -2.39. The van der Waals surface area contributed by atoms with Crippen LogP contribution >= 0.6 is 0 Å². The summed E-state index contributed by atoms with van der Waals surface area (Å²) in [6.45, 7) is 7.84. The van der Waals surface area contributed by atoms with Crippen LogP contribution in [0.25, 0.3) is 0 Å². The topological polar surface area (TPSA) is 45.4 Å². The summed E-state index contributed by atoms with van der Waals surface area (Å²) >= 11 is 0. The maximum atomic E-state index is 6.13. The molecule has 0 aromatic carbocycles. The van der Waals surface area contributed by atoms with Gasteiger partial charge in [0.2, 0.25) is 0 Å². The Labute approximate surface area is 129 Å². The van der Waals surface area contributed by atoms with Crippen LogP contribution in [0.2, 0.25) is 0 Å². The predicted molar refractivity (Wildman–Crippen MR) is 89.7 cm³/mol. The number of aromatic nitrogens is 1. The van der Waals surface area contributed by atoms with E-state index in [1.165, 1.54) is 24.9 Å². The Hall–Kier alpha value is -1.13. The van der Waals surface area contributed by atoms with Crippen molar-refractivity contribution in [2.24, 2.45) is 5.73 Å². The van der Waals surface area contributed by atoms with Crippen molar-refractivity contribution in [2.45, 2.75) is 51.6 Å². The number of hydrogen-bond donors (Lipinski definition) is 1. The van der Waals surface area contributed by atoms with Crippen LogP contribution < -0.4 is 10.6 Å². The van der Waals surface area contributed by atoms with Gasteiger partial charge < -0.3 is 10.6 Å². The SMILES string of the molecule is CCC(N)Cc1cccnc1N(C)CC1CCCN1CC. The number of likely N-dealkylation sites (tertiary alicyclic amines) is 1. The third kappa shape index (κ3) is 4.17. The largest absolute Gasteiger partial charge is 0.358 e. The summed E-state index contributed by atoms with van der Waals surface area (Å²) in [6, 6.07) is 5.07. The van der Waals surface area contributed by atoms with Crippen LogP contribution in [0.4, 0.5) is 5.82 Å². The molecule has 21 heavy (non-hydrogen) atoms. The highest BCUT2D eigenvalue weighted by atomic mass is 15.2. The molecule has 4 heteroatoms. The first-order valence-corrected chi connectivity index (χ1v) is 8.30. The molecule has 2 heterocycles. The monoisotopic (exact) mass is 290 g/mol. The fourth-order valence-electron chi connectivity index (χ4n) is 3.28. The van der Waals surface area contributed by atoms with Gasteiger partial charge in [-0.15, -0.1) is 0 Å². The molecule has 1 aliphatic rings. The van der Waals surface area contributed by atoms with Crippen LogP contribution in [-0.4, -0.2) is 48.6 Å². The standard InChI is InChI=1S/C17H30N4/c1-4-15(18)12-14-8-6-10-19-17(14)20(3)13-16-9-7-11-21(16)5-2/h6,8,10,15-16H,4-5,7,9,11-13,18H2,1-3H3. The lowest BCUT2D eigenvalue weighted by Gasteiger charge is -2.29. The number of hydrogen-bond acceptors (Lipinski definition) is 4. The number of nitrogens with two attached hydrogens (primary N) is 1. The van der Waals surface area contributed by atoms with Gasteiger partial charge in [-0.05, 0) is 50.4 Å². The fraction of sp³-hybridized carbons (Fsp3) is 0.706. The van der Waals surface area contributed by atoms with Crippen molar-refractivity contribution in [3.8, 4) is 0 Å². The first kappa shape index (κ1) is 16.2. The van der Waals surface area contributed by atoms with Crippen molar-refractivity contribution in [1.29, 1.82) is 0 Å². The van der Waals surface area contributed by atoms with E-state index in [1.54, 1.807) is 0 Å². The summed E-state index contributed by atoms with van der Waals surface area (Å²) in [5, 5.41) is 0. The predicted octanol–water partition coefficient (Wildman–Crippen LogP) is 2.28. The van der Waals surface area contributed by atoms with Crippen molar-refractivity contribution in [3.05, 3.63) is 23.9 Å². The molecule has 0 radical (unpaired) electrons. The van der Waals surface area contributed by atoms with E-state index in [2.05, 4.69) is 41.7 Å². The zero-order valence-electron chi connectivity index (χ0n) is 13.8. The summed E-state index contributed by atoms with van der Waals surface area (Å²) < 4.78 is 0. The summed E-state index contributed by atoms with van der Waals surface area (Å²) in [6.07, 6.45) is 6.42. The van der Waals surface area contributed by atoms with Gasteiger partial charge in [0, 0.05) is 31.9 Å². The maximum absolute atomic E-state index is 6.13. The highest BCUT2D eigenvalue weighted by molar-refractivity contribution is 5.46. The van der Waals surface area contributed by atoms with Crippen molar-refractivity contribution in [3.63, 3.8) is 0 Å². The second kappa shape index (κ2) is 7.76. The van der Waals surface area contributed by atoms with E-state index in [4.69, 9.17) is 5.73 Å². The molecule has 1 fully saturated rings. The Bertz CT molecular complexity index is 435. The molecule has 1 aromatic heterocycles. The minimum atomic E-state index is 0.222. The third-order valence-corrected chi connectivity index (χ3v) is 4.63. The van der Waals surface area contributed by atoms with E-state index in [-0.39, 0.29) is 6.04 Å². The second-order valence-electron chi connectivity index (χ2n) is 6.16. The molecule has 2 unspecified atom stereocenters. The van der Waals surface area contributed by atoms with Gasteiger partial charge in [0.25, 0.3) is 0 Å². The van der Waals surface area contributed by atoms with Gasteiger partial charge in [-0.25, -0.2) is 4.98 Å². The molecular weight excluding hydrogens is 260 g/mol. The minimum Gasteiger partial charge on any atom is -0.358 e. The molecule has 0 bridgehead atoms. The molecule has 0 amide bonds. The first-order chi connectivity index (χ1) is 10.2. The number of pyridine rings is 1. The van der Waals surface area contributed by atoms with E-state index >= 15 is 0 Å². The molecule has 0 saturated carbocycles. The van der Waals surface area contributed by atoms with Crippen molar-refractivity contribution < 1.29 is 0 Å². The van der Waals surface area contributed by atoms with E-state index < -0.39 is 0 Å². The Morgan fingerprint density at radius 1 is 1.48 bits per heavy atom. The second-order valence-corrected chi connectivity index (χ2v) is 6.16. The molecule has 1 saturated heterocycles. The number of rotatable bonds is 7. The van der Waals surface area contributed by atoms with Gasteiger partial charge in [0.05, 0.1) is 0 Å². The van der Waals surface area contributed by atoms with Crippen LogP contribution in [-0.2, 0) is 6.42 Å². The Balaban J connectivity index is 2.06. The van der Waals surface area contributed by atoms with E-state index in [1.807, 2.05) is 12.3 Å². The average molecular weight is 290 g/mol. The van der Waals surface area contributed by atoms with Gasteiger partial charge in [-0.3, -0.25) is 4.90 Å². The molecule has 118 valence electrons. The first-order valence-electron chi connectivity index (χ1n) is 8.30. The normalized spacial score (nSPS) is 20.7. The van der Waals surface area contributed by atoms with Crippen molar-refractivity contribution in [1.82, 2.24) is 9.88 Å². The lowest BCUT2D eigenvalue weighted by molar-refractivity contribution is 0.270. The highest BCUT2D eigenvalue weighted by Crippen LogP contribution is 2.22. The Morgan fingerprint density at radius 3 is 3.00 bits per heavy atom. The molecule has 1 aromatic rings. The van der Waals surface area contributed by atoms with Crippen LogP contribution in [0, 0.1) is 0 Å². The molecule has 1 aliphatic heterocycles. The van der Waals surface area contributed by atoms with Crippen molar-refractivity contribution >= 4 is 5.82 Å². The zero-order valence-corrected chi connectivity index (χ0v) is 13.8. The molecule has 0 spiro atoms. The van der Waals surface area contributed by atoms with Crippen LogP contribution in [0.15, 0.2) is 18.3 Å². The van der Waals surface area contributed by atoms with Gasteiger partial charge in [-0.2, -0.15) is 0 Å². The molecular formula is C17H30N4. The smallest absolute Gasteiger partial charge is 0.131 e. The number of anilines is 1. The average Bonchev–Trinajstić information content (AvgIpc) is 2.94. The van der Waals surface area contributed by atoms with E-state index in [0.717, 1.165) is 31.7 Å². The number of nitrogens with zero attached hydrogens (tertiary/aromatic N) is 3. The zero-order chi connectivity index (χ0) is 15.2. The van der Waals surface area contributed by atoms with Crippen LogP contribution in [0.5, 0.6) is 0 Å². The van der Waals surface area contributed by atoms with Gasteiger partial charge >= 0.3 is 0 Å². The molecule has 2 atom stereocenters. The molecule has 2 N–H and O–H groups in total. The summed E-state index contributed by atoms with van der Waals surface area (Å²) in [7, 11) is 2.16. The molecule has 0 aliphatic carbocycles. The highest BCUT2D eigenvalue weighted by Gasteiger charge is 2.25.